The summed E-state index contributed by atoms with van der Waals surface area (Å²) in [5.41, 5.74) is 0.453. The molecule has 0 amide bonds. The molecule has 0 bridgehead atoms. The number of alkyl halides is 2. The van der Waals surface area contributed by atoms with Gasteiger partial charge in [-0.1, -0.05) is 0 Å². The van der Waals surface area contributed by atoms with Gasteiger partial charge in [0.2, 0.25) is 0 Å². The number of halogens is 3. The summed E-state index contributed by atoms with van der Waals surface area (Å²) in [6.07, 6.45) is 0.321. The van der Waals surface area contributed by atoms with Crippen LogP contribution in [0.1, 0.15) is 15.9 Å². The van der Waals surface area contributed by atoms with E-state index in [9.17, 15) is 18.4 Å². The van der Waals surface area contributed by atoms with E-state index < -0.39 is 12.6 Å². The zero-order valence-electron chi connectivity index (χ0n) is 9.28. The molecule has 0 radical (unpaired) electrons. The maximum Gasteiger partial charge on any atom is 0.387 e. The van der Waals surface area contributed by atoms with Gasteiger partial charge in [0.05, 0.1) is 13.5 Å². The third kappa shape index (κ3) is 3.76. The van der Waals surface area contributed by atoms with Crippen molar-refractivity contribution in [1.29, 1.82) is 0 Å². The van der Waals surface area contributed by atoms with Crippen LogP contribution in [-0.4, -0.2) is 26.0 Å². The molecule has 0 fully saturated rings. The molecule has 0 N–H and O–H groups in total. The van der Waals surface area contributed by atoms with Crippen molar-refractivity contribution < 1.29 is 27.8 Å². The van der Waals surface area contributed by atoms with E-state index in [2.05, 4.69) is 25.4 Å². The van der Waals surface area contributed by atoms with Gasteiger partial charge >= 0.3 is 12.6 Å². The molecule has 0 spiro atoms. The molecule has 0 unspecified atom stereocenters. The highest BCUT2D eigenvalue weighted by Gasteiger charge is 2.14. The van der Waals surface area contributed by atoms with Gasteiger partial charge in [-0.25, -0.2) is 0 Å². The van der Waals surface area contributed by atoms with Crippen LogP contribution in [0.25, 0.3) is 0 Å². The van der Waals surface area contributed by atoms with Crippen molar-refractivity contribution in [2.45, 2.75) is 13.0 Å². The molecule has 0 aliphatic carbocycles. The number of hydrogen-bond acceptors (Lipinski definition) is 4. The highest BCUT2D eigenvalue weighted by atomic mass is 79.9. The predicted molar refractivity (Wildman–Crippen MR) is 61.9 cm³/mol. The Balaban J connectivity index is 3.13. The molecule has 0 aromatic heterocycles. The topological polar surface area (TPSA) is 52.6 Å². The molecule has 0 heterocycles. The first-order valence-corrected chi connectivity index (χ1v) is 5.56. The Bertz CT molecular complexity index is 463. The lowest BCUT2D eigenvalue weighted by Crippen LogP contribution is -2.08. The molecular formula is C11H9BrF2O4. The lowest BCUT2D eigenvalue weighted by molar-refractivity contribution is -0.139. The van der Waals surface area contributed by atoms with Crippen LogP contribution in [0.5, 0.6) is 5.75 Å². The second kappa shape index (κ2) is 6.44. The number of ether oxygens (including phenoxy) is 2. The van der Waals surface area contributed by atoms with Gasteiger partial charge in [-0.05, 0) is 33.6 Å². The van der Waals surface area contributed by atoms with Gasteiger partial charge in [0.1, 0.15) is 5.75 Å². The molecule has 0 saturated carbocycles. The van der Waals surface area contributed by atoms with Crippen molar-refractivity contribution in [1.82, 2.24) is 0 Å². The summed E-state index contributed by atoms with van der Waals surface area (Å²) < 4.78 is 33.2. The maximum atomic E-state index is 12.1. The quantitative estimate of drug-likeness (QED) is 0.617. The predicted octanol–water partition coefficient (Wildman–Crippen LogP) is 2.58. The monoisotopic (exact) mass is 322 g/mol. The van der Waals surface area contributed by atoms with Gasteiger partial charge in [-0.3, -0.25) is 9.59 Å². The van der Waals surface area contributed by atoms with Crippen LogP contribution in [0.2, 0.25) is 0 Å². The average Bonchev–Trinajstić information content (AvgIpc) is 2.32. The molecular weight excluding hydrogens is 314 g/mol. The fourth-order valence-corrected chi connectivity index (χ4v) is 1.75. The van der Waals surface area contributed by atoms with Crippen molar-refractivity contribution in [3.05, 3.63) is 27.7 Å². The maximum absolute atomic E-state index is 12.1. The van der Waals surface area contributed by atoms with Gasteiger partial charge in [-0.2, -0.15) is 8.78 Å². The summed E-state index contributed by atoms with van der Waals surface area (Å²) >= 11 is 3.12. The zero-order chi connectivity index (χ0) is 13.7. The van der Waals surface area contributed by atoms with Crippen LogP contribution in [0.15, 0.2) is 16.6 Å². The second-order valence-corrected chi connectivity index (χ2v) is 4.03. The SMILES string of the molecule is COC(=O)Cc1cc(OC(F)F)cc(C=O)c1Br. The van der Waals surface area contributed by atoms with Gasteiger partial charge in [-0.15, -0.1) is 0 Å². The van der Waals surface area contributed by atoms with Crippen LogP contribution in [0.3, 0.4) is 0 Å². The molecule has 0 aliphatic heterocycles. The fraction of sp³-hybridized carbons (Fsp3) is 0.273. The summed E-state index contributed by atoms with van der Waals surface area (Å²) in [5, 5.41) is 0. The third-order valence-corrected chi connectivity index (χ3v) is 3.03. The Morgan fingerprint density at radius 1 is 1.50 bits per heavy atom. The van der Waals surface area contributed by atoms with Crippen LogP contribution >= 0.6 is 15.9 Å². The molecule has 0 atom stereocenters. The van der Waals surface area contributed by atoms with Crippen LogP contribution in [0.4, 0.5) is 8.78 Å². The van der Waals surface area contributed by atoms with Gasteiger partial charge in [0.25, 0.3) is 0 Å². The minimum absolute atomic E-state index is 0.118. The van der Waals surface area contributed by atoms with Crippen LogP contribution in [-0.2, 0) is 16.0 Å². The van der Waals surface area contributed by atoms with Gasteiger partial charge in [0, 0.05) is 10.0 Å². The average molecular weight is 323 g/mol. The molecule has 1 rings (SSSR count). The van der Waals surface area contributed by atoms with Gasteiger partial charge in [0.15, 0.2) is 6.29 Å². The summed E-state index contributed by atoms with van der Waals surface area (Å²) in [4.78, 5) is 21.9. The molecule has 18 heavy (non-hydrogen) atoms. The normalized spacial score (nSPS) is 10.3. The molecule has 1 aromatic carbocycles. The molecule has 0 aliphatic rings. The molecule has 1 aromatic rings. The van der Waals surface area contributed by atoms with Crippen LogP contribution < -0.4 is 4.74 Å². The van der Waals surface area contributed by atoms with E-state index in [1.165, 1.54) is 13.2 Å². The number of methoxy groups -OCH3 is 1. The summed E-state index contributed by atoms with van der Waals surface area (Å²) in [6.45, 7) is -3.00. The van der Waals surface area contributed by atoms with E-state index in [4.69, 9.17) is 0 Å². The van der Waals surface area contributed by atoms with E-state index in [0.717, 1.165) is 6.07 Å². The van der Waals surface area contributed by atoms with E-state index >= 15 is 0 Å². The molecule has 7 heteroatoms. The van der Waals surface area contributed by atoms with Crippen molar-refractivity contribution in [3.8, 4) is 5.75 Å². The van der Waals surface area contributed by atoms with E-state index in [-0.39, 0.29) is 17.7 Å². The minimum Gasteiger partial charge on any atom is -0.469 e. The number of carbonyl (C=O) groups is 2. The largest absolute Gasteiger partial charge is 0.469 e. The Kier molecular flexibility index (Phi) is 5.21. The Hall–Kier alpha value is -1.50. The lowest BCUT2D eigenvalue weighted by atomic mass is 10.1. The molecule has 98 valence electrons. The number of carbonyl (C=O) groups excluding carboxylic acids is 2. The molecule has 4 nitrogen and oxygen atoms in total. The highest BCUT2D eigenvalue weighted by molar-refractivity contribution is 9.10. The number of aldehydes is 1. The molecule has 0 saturated heterocycles. The van der Waals surface area contributed by atoms with Crippen molar-refractivity contribution in [3.63, 3.8) is 0 Å². The summed E-state index contributed by atoms with van der Waals surface area (Å²) in [6, 6.07) is 2.41. The standard InChI is InChI=1S/C11H9BrF2O4/c1-17-9(16)4-6-2-8(18-11(13)14)3-7(5-15)10(6)12/h2-3,5,11H,4H2,1H3. The first kappa shape index (κ1) is 14.6. The summed E-state index contributed by atoms with van der Waals surface area (Å²) in [5.74, 6) is -0.740. The fourth-order valence-electron chi connectivity index (χ4n) is 1.29. The smallest absolute Gasteiger partial charge is 0.387 e. The van der Waals surface area contributed by atoms with Crippen LogP contribution in [0, 0.1) is 0 Å². The number of benzene rings is 1. The Morgan fingerprint density at radius 3 is 2.67 bits per heavy atom. The first-order valence-electron chi connectivity index (χ1n) is 4.77. The first-order chi connectivity index (χ1) is 8.47. The number of hydrogen-bond donors (Lipinski definition) is 0. The zero-order valence-corrected chi connectivity index (χ0v) is 10.9. The Morgan fingerprint density at radius 2 is 2.17 bits per heavy atom. The van der Waals surface area contributed by atoms with E-state index in [1.54, 1.807) is 0 Å². The Labute approximate surface area is 110 Å². The third-order valence-electron chi connectivity index (χ3n) is 2.06. The lowest BCUT2D eigenvalue weighted by Gasteiger charge is -2.10. The number of esters is 1. The van der Waals surface area contributed by atoms with E-state index in [0.29, 0.717) is 16.3 Å². The highest BCUT2D eigenvalue weighted by Crippen LogP contribution is 2.28. The summed E-state index contributed by atoms with van der Waals surface area (Å²) in [7, 11) is 1.20. The van der Waals surface area contributed by atoms with E-state index in [1.807, 2.05) is 0 Å². The number of rotatable bonds is 5. The minimum atomic E-state index is -3.00. The van der Waals surface area contributed by atoms with Gasteiger partial charge < -0.3 is 9.47 Å². The van der Waals surface area contributed by atoms with Crippen molar-refractivity contribution >= 4 is 28.2 Å². The second-order valence-electron chi connectivity index (χ2n) is 3.23. The van der Waals surface area contributed by atoms with Crippen molar-refractivity contribution in [2.24, 2.45) is 0 Å². The van der Waals surface area contributed by atoms with Crippen molar-refractivity contribution in [2.75, 3.05) is 7.11 Å².